The summed E-state index contributed by atoms with van der Waals surface area (Å²) < 4.78 is 0. The van der Waals surface area contributed by atoms with Crippen LogP contribution in [0.15, 0.2) is 72.8 Å². The number of nitrogens with one attached hydrogen (secondary N) is 3. The summed E-state index contributed by atoms with van der Waals surface area (Å²) in [6, 6.07) is 22.5. The van der Waals surface area contributed by atoms with Gasteiger partial charge < -0.3 is 15.6 Å². The standard InChI is InChI=1S/C31H30N4O2/c36-29(32-25-4-2-1-3-5-25)24-10-11-26-27(15-24)34-28(33-26)22-6-8-23(9-7-22)30(37)35-31-16-19-12-20(17-31)14-21(13-19)18-31/h1-11,15,19-21H,12-14,16-18H2,(H,32,36)(H,33,34)(H,35,37). The third kappa shape index (κ3) is 4.20. The lowest BCUT2D eigenvalue weighted by Gasteiger charge is -2.56. The zero-order chi connectivity index (χ0) is 25.0. The minimum atomic E-state index is -0.174. The average Bonchev–Trinajstić information content (AvgIpc) is 3.32. The molecule has 0 aliphatic heterocycles. The summed E-state index contributed by atoms with van der Waals surface area (Å²) >= 11 is 0. The molecule has 0 atom stereocenters. The summed E-state index contributed by atoms with van der Waals surface area (Å²) in [5, 5.41) is 6.37. The van der Waals surface area contributed by atoms with Crippen LogP contribution >= 0.6 is 0 Å². The van der Waals surface area contributed by atoms with Crippen LogP contribution in [0.25, 0.3) is 22.4 Å². The summed E-state index contributed by atoms with van der Waals surface area (Å²) in [5.41, 5.74) is 4.48. The van der Waals surface area contributed by atoms with Crippen LogP contribution in [0.3, 0.4) is 0 Å². The zero-order valence-corrected chi connectivity index (χ0v) is 20.7. The minimum Gasteiger partial charge on any atom is -0.347 e. The summed E-state index contributed by atoms with van der Waals surface area (Å²) in [4.78, 5) is 33.9. The molecular weight excluding hydrogens is 460 g/mol. The van der Waals surface area contributed by atoms with Gasteiger partial charge in [-0.05, 0) is 98.7 Å². The lowest BCUT2D eigenvalue weighted by atomic mass is 9.53. The average molecular weight is 491 g/mol. The summed E-state index contributed by atoms with van der Waals surface area (Å²) in [6.45, 7) is 0. The van der Waals surface area contributed by atoms with Gasteiger partial charge in [0.05, 0.1) is 11.0 Å². The Morgan fingerprint density at radius 3 is 2.11 bits per heavy atom. The molecule has 0 unspecified atom stereocenters. The quantitative estimate of drug-likeness (QED) is 0.312. The van der Waals surface area contributed by atoms with Crippen LogP contribution in [-0.2, 0) is 0 Å². The van der Waals surface area contributed by atoms with E-state index >= 15 is 0 Å². The second-order valence-corrected chi connectivity index (χ2v) is 11.4. The Hall–Kier alpha value is -3.93. The molecule has 4 aliphatic carbocycles. The Labute approximate surface area is 215 Å². The SMILES string of the molecule is O=C(Nc1ccccc1)c1ccc2[nH]c(-c3ccc(C(=O)NC45CC6CC(CC(C6)C4)C5)cc3)nc2c1. The molecule has 186 valence electrons. The van der Waals surface area contributed by atoms with Gasteiger partial charge in [0.15, 0.2) is 0 Å². The monoisotopic (exact) mass is 490 g/mol. The van der Waals surface area contributed by atoms with E-state index in [9.17, 15) is 9.59 Å². The number of carbonyl (C=O) groups excluding carboxylic acids is 2. The number of nitrogens with zero attached hydrogens (tertiary/aromatic N) is 1. The van der Waals surface area contributed by atoms with E-state index in [1.54, 1.807) is 12.1 Å². The van der Waals surface area contributed by atoms with Crippen molar-refractivity contribution in [2.45, 2.75) is 44.1 Å². The molecule has 37 heavy (non-hydrogen) atoms. The Morgan fingerprint density at radius 2 is 1.43 bits per heavy atom. The van der Waals surface area contributed by atoms with Gasteiger partial charge in [-0.25, -0.2) is 4.98 Å². The summed E-state index contributed by atoms with van der Waals surface area (Å²) in [5.74, 6) is 2.97. The first-order valence-corrected chi connectivity index (χ1v) is 13.3. The second kappa shape index (κ2) is 8.58. The van der Waals surface area contributed by atoms with Crippen LogP contribution in [-0.4, -0.2) is 27.3 Å². The van der Waals surface area contributed by atoms with E-state index in [2.05, 4.69) is 15.6 Å². The van der Waals surface area contributed by atoms with E-state index in [0.29, 0.717) is 17.0 Å². The van der Waals surface area contributed by atoms with Crippen molar-refractivity contribution in [1.29, 1.82) is 0 Å². The predicted molar refractivity (Wildman–Crippen MR) is 144 cm³/mol. The molecule has 2 amide bonds. The maximum Gasteiger partial charge on any atom is 0.255 e. The van der Waals surface area contributed by atoms with Gasteiger partial charge in [-0.3, -0.25) is 9.59 Å². The van der Waals surface area contributed by atoms with Crippen LogP contribution in [0.5, 0.6) is 0 Å². The Morgan fingerprint density at radius 1 is 0.784 bits per heavy atom. The van der Waals surface area contributed by atoms with Gasteiger partial charge in [0, 0.05) is 27.9 Å². The van der Waals surface area contributed by atoms with Gasteiger partial charge in [0.2, 0.25) is 0 Å². The number of rotatable bonds is 5. The first-order valence-electron chi connectivity index (χ1n) is 13.3. The maximum absolute atomic E-state index is 13.2. The van der Waals surface area contributed by atoms with E-state index in [1.807, 2.05) is 60.7 Å². The van der Waals surface area contributed by atoms with E-state index in [0.717, 1.165) is 59.3 Å². The van der Waals surface area contributed by atoms with E-state index in [-0.39, 0.29) is 17.4 Å². The fourth-order valence-corrected chi connectivity index (χ4v) is 7.36. The van der Waals surface area contributed by atoms with Crippen molar-refractivity contribution in [3.63, 3.8) is 0 Å². The van der Waals surface area contributed by atoms with Crippen molar-refractivity contribution in [3.8, 4) is 11.4 Å². The number of imidazole rings is 1. The Balaban J connectivity index is 1.07. The lowest BCUT2D eigenvalue weighted by molar-refractivity contribution is -0.0167. The highest BCUT2D eigenvalue weighted by Crippen LogP contribution is 2.55. The number of H-pyrrole nitrogens is 1. The minimum absolute atomic E-state index is 0.00769. The van der Waals surface area contributed by atoms with E-state index in [1.165, 1.54) is 19.3 Å². The number of carbonyl (C=O) groups is 2. The molecule has 0 radical (unpaired) electrons. The fraction of sp³-hybridized carbons (Fsp3) is 0.323. The molecule has 4 saturated carbocycles. The molecular formula is C31H30N4O2. The molecule has 1 heterocycles. The molecule has 6 heteroatoms. The van der Waals surface area contributed by atoms with Crippen molar-refractivity contribution >= 4 is 28.5 Å². The van der Waals surface area contributed by atoms with Gasteiger partial charge in [-0.1, -0.05) is 30.3 Å². The third-order valence-corrected chi connectivity index (χ3v) is 8.61. The molecule has 3 aromatic carbocycles. The number of hydrogen-bond donors (Lipinski definition) is 3. The maximum atomic E-state index is 13.2. The smallest absolute Gasteiger partial charge is 0.255 e. The highest BCUT2D eigenvalue weighted by Gasteiger charge is 2.51. The molecule has 8 rings (SSSR count). The van der Waals surface area contributed by atoms with Crippen molar-refractivity contribution < 1.29 is 9.59 Å². The largest absolute Gasteiger partial charge is 0.347 e. The van der Waals surface area contributed by atoms with E-state index in [4.69, 9.17) is 4.98 Å². The molecule has 3 N–H and O–H groups in total. The van der Waals surface area contributed by atoms with Crippen molar-refractivity contribution in [2.24, 2.45) is 17.8 Å². The molecule has 0 saturated heterocycles. The Bertz CT molecular complexity index is 1450. The van der Waals surface area contributed by atoms with Gasteiger partial charge in [0.1, 0.15) is 5.82 Å². The van der Waals surface area contributed by atoms with Crippen LogP contribution in [0, 0.1) is 17.8 Å². The zero-order valence-electron chi connectivity index (χ0n) is 20.7. The number of aromatic nitrogens is 2. The number of para-hydroxylation sites is 1. The highest BCUT2D eigenvalue weighted by molar-refractivity contribution is 6.06. The van der Waals surface area contributed by atoms with Gasteiger partial charge in [-0.15, -0.1) is 0 Å². The number of anilines is 1. The fourth-order valence-electron chi connectivity index (χ4n) is 7.36. The van der Waals surface area contributed by atoms with Gasteiger partial charge in [0.25, 0.3) is 11.8 Å². The molecule has 0 spiro atoms. The molecule has 4 bridgehead atoms. The first kappa shape index (κ1) is 22.3. The summed E-state index contributed by atoms with van der Waals surface area (Å²) in [6.07, 6.45) is 7.52. The van der Waals surface area contributed by atoms with E-state index < -0.39 is 0 Å². The predicted octanol–water partition coefficient (Wildman–Crippen LogP) is 6.18. The second-order valence-electron chi connectivity index (χ2n) is 11.4. The van der Waals surface area contributed by atoms with Crippen molar-refractivity contribution in [3.05, 3.63) is 83.9 Å². The highest BCUT2D eigenvalue weighted by atomic mass is 16.2. The normalized spacial score (nSPS) is 25.8. The topological polar surface area (TPSA) is 86.9 Å². The van der Waals surface area contributed by atoms with Crippen molar-refractivity contribution in [2.75, 3.05) is 5.32 Å². The number of hydrogen-bond acceptors (Lipinski definition) is 3. The summed E-state index contributed by atoms with van der Waals surface area (Å²) in [7, 11) is 0. The number of benzene rings is 3. The first-order chi connectivity index (χ1) is 18.0. The molecule has 1 aromatic heterocycles. The van der Waals surface area contributed by atoms with Gasteiger partial charge in [-0.2, -0.15) is 0 Å². The van der Waals surface area contributed by atoms with Crippen LogP contribution in [0.1, 0.15) is 59.2 Å². The lowest BCUT2D eigenvalue weighted by Crippen LogP contribution is -2.59. The Kier molecular flexibility index (Phi) is 5.17. The number of amides is 2. The van der Waals surface area contributed by atoms with Crippen LogP contribution in [0.4, 0.5) is 5.69 Å². The molecule has 4 aromatic rings. The molecule has 4 aliphatic rings. The third-order valence-electron chi connectivity index (χ3n) is 8.61. The van der Waals surface area contributed by atoms with Gasteiger partial charge >= 0.3 is 0 Å². The number of fused-ring (bicyclic) bond motifs is 1. The van der Waals surface area contributed by atoms with Crippen LogP contribution in [0.2, 0.25) is 0 Å². The van der Waals surface area contributed by atoms with Crippen LogP contribution < -0.4 is 10.6 Å². The number of aromatic amines is 1. The van der Waals surface area contributed by atoms with Crippen molar-refractivity contribution in [1.82, 2.24) is 15.3 Å². The molecule has 4 fully saturated rings. The molecule has 6 nitrogen and oxygen atoms in total.